The van der Waals surface area contributed by atoms with Crippen LogP contribution in [0.1, 0.15) is 16.7 Å². The van der Waals surface area contributed by atoms with Crippen LogP contribution in [0.2, 0.25) is 0 Å². The first-order chi connectivity index (χ1) is 18.3. The smallest absolute Gasteiger partial charge is 0.269 e. The molecular formula is C26H26N8O4. The van der Waals surface area contributed by atoms with Gasteiger partial charge < -0.3 is 20.1 Å². The molecule has 0 saturated carbocycles. The molecule has 0 radical (unpaired) electrons. The molecule has 0 saturated heterocycles. The van der Waals surface area contributed by atoms with Gasteiger partial charge in [-0.1, -0.05) is 6.07 Å². The minimum Gasteiger partial charge on any atom is -0.493 e. The second-order valence-electron chi connectivity index (χ2n) is 8.14. The molecule has 0 fully saturated rings. The first-order valence-corrected chi connectivity index (χ1v) is 11.5. The zero-order chi connectivity index (χ0) is 27.1. The fourth-order valence-corrected chi connectivity index (χ4v) is 3.38. The number of nitro benzene ring substituents is 1. The molecule has 0 aliphatic heterocycles. The average molecular weight is 515 g/mol. The molecule has 1 aromatic heterocycles. The maximum atomic E-state index is 11.0. The normalized spacial score (nSPS) is 10.7. The lowest BCUT2D eigenvalue weighted by atomic mass is 10.1. The van der Waals surface area contributed by atoms with Crippen LogP contribution in [-0.2, 0) is 0 Å². The van der Waals surface area contributed by atoms with Gasteiger partial charge in [0.15, 0.2) is 11.5 Å². The van der Waals surface area contributed by atoms with Crippen molar-refractivity contribution >= 4 is 41.1 Å². The molecule has 0 unspecified atom stereocenters. The van der Waals surface area contributed by atoms with Gasteiger partial charge in [0.25, 0.3) is 5.69 Å². The van der Waals surface area contributed by atoms with Gasteiger partial charge in [0, 0.05) is 23.5 Å². The minimum absolute atomic E-state index is 0.0184. The average Bonchev–Trinajstić information content (AvgIpc) is 2.91. The van der Waals surface area contributed by atoms with Gasteiger partial charge in [0.05, 0.1) is 25.4 Å². The van der Waals surface area contributed by atoms with Gasteiger partial charge in [-0.15, -0.1) is 0 Å². The van der Waals surface area contributed by atoms with Crippen molar-refractivity contribution in [1.82, 2.24) is 15.0 Å². The largest absolute Gasteiger partial charge is 0.493 e. The fourth-order valence-electron chi connectivity index (χ4n) is 3.38. The van der Waals surface area contributed by atoms with E-state index < -0.39 is 4.92 Å². The molecule has 3 N–H and O–H groups in total. The van der Waals surface area contributed by atoms with Crippen molar-refractivity contribution in [1.29, 1.82) is 0 Å². The van der Waals surface area contributed by atoms with Crippen molar-refractivity contribution in [3.63, 3.8) is 0 Å². The van der Waals surface area contributed by atoms with E-state index in [0.29, 0.717) is 17.2 Å². The Bertz CT molecular complexity index is 1480. The number of nitro groups is 1. The number of ether oxygens (including phenoxy) is 2. The predicted octanol–water partition coefficient (Wildman–Crippen LogP) is 5.35. The first-order valence-electron chi connectivity index (χ1n) is 11.5. The molecule has 194 valence electrons. The molecule has 0 aliphatic rings. The van der Waals surface area contributed by atoms with Gasteiger partial charge in [-0.2, -0.15) is 20.1 Å². The van der Waals surface area contributed by atoms with E-state index >= 15 is 0 Å². The van der Waals surface area contributed by atoms with E-state index in [1.54, 1.807) is 44.7 Å². The molecule has 12 nitrogen and oxygen atoms in total. The minimum atomic E-state index is -0.462. The van der Waals surface area contributed by atoms with Gasteiger partial charge in [-0.05, 0) is 73.0 Å². The number of aromatic nitrogens is 3. The maximum absolute atomic E-state index is 11.0. The summed E-state index contributed by atoms with van der Waals surface area (Å²) in [7, 11) is 3.13. The fraction of sp³-hybridized carbons (Fsp3) is 0.154. The summed E-state index contributed by atoms with van der Waals surface area (Å²) in [5.74, 6) is 1.85. The highest BCUT2D eigenvalue weighted by Gasteiger charge is 2.10. The van der Waals surface area contributed by atoms with Crippen molar-refractivity contribution in [3.05, 3.63) is 87.5 Å². The summed E-state index contributed by atoms with van der Waals surface area (Å²) in [6, 6.07) is 17.2. The topological polar surface area (TPSA) is 149 Å². The van der Waals surface area contributed by atoms with Crippen LogP contribution < -0.4 is 25.5 Å². The molecule has 1 heterocycles. The Morgan fingerprint density at radius 1 is 0.789 bits per heavy atom. The van der Waals surface area contributed by atoms with Crippen molar-refractivity contribution in [2.45, 2.75) is 13.8 Å². The Kier molecular flexibility index (Phi) is 7.92. The quantitative estimate of drug-likeness (QED) is 0.144. The number of rotatable bonds is 10. The Balaban J connectivity index is 1.59. The van der Waals surface area contributed by atoms with Crippen LogP contribution in [-0.4, -0.2) is 40.3 Å². The summed E-state index contributed by atoms with van der Waals surface area (Å²) < 4.78 is 10.6. The zero-order valence-corrected chi connectivity index (χ0v) is 21.2. The van der Waals surface area contributed by atoms with Crippen LogP contribution in [0, 0.1) is 24.0 Å². The summed E-state index contributed by atoms with van der Waals surface area (Å²) in [6.45, 7) is 4.05. The number of anilines is 5. The zero-order valence-electron chi connectivity index (χ0n) is 21.2. The summed E-state index contributed by atoms with van der Waals surface area (Å²) in [5, 5.41) is 21.4. The van der Waals surface area contributed by atoms with Crippen LogP contribution in [0.15, 0.2) is 65.8 Å². The molecule has 12 heteroatoms. The monoisotopic (exact) mass is 514 g/mol. The molecule has 0 bridgehead atoms. The maximum Gasteiger partial charge on any atom is 0.269 e. The summed E-state index contributed by atoms with van der Waals surface area (Å²) in [6.07, 6.45) is 1.59. The Labute approximate surface area is 218 Å². The van der Waals surface area contributed by atoms with Crippen LogP contribution in [0.5, 0.6) is 11.5 Å². The van der Waals surface area contributed by atoms with E-state index in [0.717, 1.165) is 16.8 Å². The van der Waals surface area contributed by atoms with Gasteiger partial charge >= 0.3 is 0 Å². The highest BCUT2D eigenvalue weighted by Crippen LogP contribution is 2.27. The summed E-state index contributed by atoms with van der Waals surface area (Å²) in [4.78, 5) is 23.7. The van der Waals surface area contributed by atoms with E-state index in [1.165, 1.54) is 17.7 Å². The molecule has 3 aromatic carbocycles. The number of aryl methyl sites for hydroxylation is 2. The molecule has 0 atom stereocenters. The van der Waals surface area contributed by atoms with Crippen LogP contribution in [0.25, 0.3) is 0 Å². The highest BCUT2D eigenvalue weighted by molar-refractivity contribution is 5.81. The molecule has 0 spiro atoms. The van der Waals surface area contributed by atoms with E-state index in [4.69, 9.17) is 9.47 Å². The van der Waals surface area contributed by atoms with Crippen LogP contribution >= 0.6 is 0 Å². The van der Waals surface area contributed by atoms with Gasteiger partial charge in [-0.3, -0.25) is 10.1 Å². The van der Waals surface area contributed by atoms with E-state index in [1.807, 2.05) is 38.1 Å². The lowest BCUT2D eigenvalue weighted by Crippen LogP contribution is -2.07. The van der Waals surface area contributed by atoms with E-state index in [-0.39, 0.29) is 23.5 Å². The standard InChI is InChI=1S/C26H26N8O4/c1-16-5-7-20(13-17(16)2)29-25-30-24(28-19-8-10-21(11-9-19)34(35)36)31-26(32-25)33-27-15-18-6-12-22(37-3)23(14-18)38-4/h5-15H,1-4H3,(H3,28,29,30,31,32,33)/b27-15-. The van der Waals surface area contributed by atoms with Crippen molar-refractivity contribution in [3.8, 4) is 11.5 Å². The van der Waals surface area contributed by atoms with Crippen LogP contribution in [0.4, 0.5) is 34.9 Å². The number of hydrogen-bond acceptors (Lipinski definition) is 11. The Morgan fingerprint density at radius 3 is 2.05 bits per heavy atom. The number of methoxy groups -OCH3 is 2. The molecule has 38 heavy (non-hydrogen) atoms. The summed E-state index contributed by atoms with van der Waals surface area (Å²) in [5.41, 5.74) is 7.23. The van der Waals surface area contributed by atoms with E-state index in [2.05, 4.69) is 36.1 Å². The summed E-state index contributed by atoms with van der Waals surface area (Å²) >= 11 is 0. The Morgan fingerprint density at radius 2 is 1.42 bits per heavy atom. The third-order valence-electron chi connectivity index (χ3n) is 5.52. The number of nitrogens with one attached hydrogen (secondary N) is 3. The number of hydrazone groups is 1. The first kappa shape index (κ1) is 25.8. The molecule has 0 amide bonds. The highest BCUT2D eigenvalue weighted by atomic mass is 16.6. The SMILES string of the molecule is COc1ccc(/C=N\Nc2nc(Nc3ccc([N+](=O)[O-])cc3)nc(Nc3ccc(C)c(C)c3)n2)cc1OC. The lowest BCUT2D eigenvalue weighted by Gasteiger charge is -2.11. The van der Waals surface area contributed by atoms with Crippen LogP contribution in [0.3, 0.4) is 0 Å². The van der Waals surface area contributed by atoms with Crippen molar-refractivity contribution in [2.75, 3.05) is 30.3 Å². The van der Waals surface area contributed by atoms with Crippen molar-refractivity contribution in [2.24, 2.45) is 5.10 Å². The predicted molar refractivity (Wildman–Crippen MR) is 146 cm³/mol. The van der Waals surface area contributed by atoms with Crippen molar-refractivity contribution < 1.29 is 14.4 Å². The third kappa shape index (κ3) is 6.49. The Hall–Kier alpha value is -5.26. The molecule has 0 aliphatic carbocycles. The van der Waals surface area contributed by atoms with Gasteiger partial charge in [-0.25, -0.2) is 5.43 Å². The van der Waals surface area contributed by atoms with E-state index in [9.17, 15) is 10.1 Å². The number of hydrogen-bond donors (Lipinski definition) is 3. The number of non-ortho nitro benzene ring substituents is 1. The third-order valence-corrected chi connectivity index (χ3v) is 5.52. The van der Waals surface area contributed by atoms with Gasteiger partial charge in [0.2, 0.25) is 17.8 Å². The molecule has 4 rings (SSSR count). The van der Waals surface area contributed by atoms with Gasteiger partial charge in [0.1, 0.15) is 0 Å². The number of nitrogens with zero attached hydrogens (tertiary/aromatic N) is 5. The molecule has 4 aromatic rings. The lowest BCUT2D eigenvalue weighted by molar-refractivity contribution is -0.384. The second-order valence-corrected chi connectivity index (χ2v) is 8.14. The second kappa shape index (κ2) is 11.6. The number of benzene rings is 3. The molecular weight excluding hydrogens is 488 g/mol.